The Morgan fingerprint density at radius 2 is 1.79 bits per heavy atom. The maximum Gasteiger partial charge on any atom is 0.318 e. The van der Waals surface area contributed by atoms with Gasteiger partial charge in [-0.05, 0) is 61.9 Å². The molecule has 0 saturated heterocycles. The molecular formula is C23H22ClN3O6. The van der Waals surface area contributed by atoms with E-state index in [2.05, 4.69) is 0 Å². The van der Waals surface area contributed by atoms with E-state index in [9.17, 15) is 19.2 Å². The lowest BCUT2D eigenvalue weighted by atomic mass is 10.1. The third kappa shape index (κ3) is 5.15. The Balaban J connectivity index is 1.99. The van der Waals surface area contributed by atoms with Crippen LogP contribution in [0.4, 0.5) is 4.79 Å². The second-order valence-electron chi connectivity index (χ2n) is 7.26. The molecule has 1 heterocycles. The minimum absolute atomic E-state index is 0.218. The molecule has 0 bridgehead atoms. The molecule has 0 saturated carbocycles. The smallest absolute Gasteiger partial charge is 0.318 e. The van der Waals surface area contributed by atoms with Crippen LogP contribution in [-0.2, 0) is 20.7 Å². The zero-order chi connectivity index (χ0) is 24.3. The summed E-state index contributed by atoms with van der Waals surface area (Å²) in [7, 11) is 1.51. The summed E-state index contributed by atoms with van der Waals surface area (Å²) in [6.07, 6.45) is -1.45. The highest BCUT2D eigenvalue weighted by atomic mass is 35.5. The molecule has 2 aromatic carbocycles. The summed E-state index contributed by atoms with van der Waals surface area (Å²) in [5.74, 6) is -1.31. The number of carbonyl (C=O) groups excluding carboxylic acids is 4. The van der Waals surface area contributed by atoms with Gasteiger partial charge in [0.2, 0.25) is 0 Å². The summed E-state index contributed by atoms with van der Waals surface area (Å²) < 4.78 is 12.0. The Hall–Kier alpha value is -3.85. The number of ether oxygens (including phenoxy) is 2. The highest BCUT2D eigenvalue weighted by Crippen LogP contribution is 2.31. The monoisotopic (exact) mass is 471 g/mol. The first-order chi connectivity index (χ1) is 15.6. The van der Waals surface area contributed by atoms with E-state index < -0.39 is 24.0 Å². The molecule has 0 spiro atoms. The van der Waals surface area contributed by atoms with Gasteiger partial charge in [0.05, 0.1) is 19.0 Å². The number of hydrogen-bond donors (Lipinski definition) is 2. The Labute approximate surface area is 194 Å². The second kappa shape index (κ2) is 9.74. The van der Waals surface area contributed by atoms with Crippen molar-refractivity contribution in [3.8, 4) is 5.75 Å². The number of imide groups is 1. The first kappa shape index (κ1) is 23.8. The lowest BCUT2D eigenvalue weighted by Gasteiger charge is -2.12. The van der Waals surface area contributed by atoms with Gasteiger partial charge in [-0.25, -0.2) is 4.79 Å². The predicted molar refractivity (Wildman–Crippen MR) is 121 cm³/mol. The van der Waals surface area contributed by atoms with Crippen molar-refractivity contribution in [3.63, 3.8) is 0 Å². The number of carbonyl (C=O) groups is 4. The van der Waals surface area contributed by atoms with Crippen LogP contribution >= 0.6 is 11.6 Å². The number of esters is 1. The molecule has 3 N–H and O–H groups in total. The third-order valence-corrected chi connectivity index (χ3v) is 5.33. The van der Waals surface area contributed by atoms with Gasteiger partial charge >= 0.3 is 12.0 Å². The van der Waals surface area contributed by atoms with Crippen molar-refractivity contribution >= 4 is 46.3 Å². The number of fused-ring (bicyclic) bond motifs is 1. The SMILES string of the molecule is COc1ccc2c(c1)c(CC(=O)O[C@H](C)C(=O)NC(N)=O)c(C)n2C(=O)c1ccc(Cl)cc1. The van der Waals surface area contributed by atoms with E-state index >= 15 is 0 Å². The number of urea groups is 1. The number of primary amides is 1. The molecule has 0 aliphatic heterocycles. The van der Waals surface area contributed by atoms with Gasteiger partial charge in [-0.1, -0.05) is 11.6 Å². The van der Waals surface area contributed by atoms with Crippen LogP contribution < -0.4 is 15.8 Å². The van der Waals surface area contributed by atoms with Gasteiger partial charge in [0, 0.05) is 21.7 Å². The van der Waals surface area contributed by atoms with Crippen molar-refractivity contribution in [2.45, 2.75) is 26.4 Å². The van der Waals surface area contributed by atoms with E-state index in [1.807, 2.05) is 5.32 Å². The number of rotatable bonds is 6. The molecule has 3 aromatic rings. The van der Waals surface area contributed by atoms with E-state index in [1.54, 1.807) is 49.4 Å². The van der Waals surface area contributed by atoms with Gasteiger partial charge in [-0.15, -0.1) is 0 Å². The largest absolute Gasteiger partial charge is 0.497 e. The van der Waals surface area contributed by atoms with Crippen LogP contribution in [0.1, 0.15) is 28.5 Å². The highest BCUT2D eigenvalue weighted by molar-refractivity contribution is 6.30. The number of hydrogen-bond acceptors (Lipinski definition) is 6. The van der Waals surface area contributed by atoms with E-state index in [-0.39, 0.29) is 12.3 Å². The Morgan fingerprint density at radius 1 is 1.12 bits per heavy atom. The van der Waals surface area contributed by atoms with Crippen LogP contribution in [0.25, 0.3) is 10.9 Å². The number of methoxy groups -OCH3 is 1. The molecule has 33 heavy (non-hydrogen) atoms. The van der Waals surface area contributed by atoms with E-state index in [0.717, 1.165) is 0 Å². The van der Waals surface area contributed by atoms with Crippen molar-refractivity contribution in [2.75, 3.05) is 7.11 Å². The Morgan fingerprint density at radius 3 is 2.39 bits per heavy atom. The van der Waals surface area contributed by atoms with Crippen LogP contribution in [0.2, 0.25) is 5.02 Å². The maximum absolute atomic E-state index is 13.3. The quantitative estimate of drug-likeness (QED) is 0.531. The molecule has 1 aromatic heterocycles. The lowest BCUT2D eigenvalue weighted by molar-refractivity contribution is -0.153. The maximum atomic E-state index is 13.3. The fourth-order valence-corrected chi connectivity index (χ4v) is 3.58. The summed E-state index contributed by atoms with van der Waals surface area (Å²) in [4.78, 5) is 48.5. The highest BCUT2D eigenvalue weighted by Gasteiger charge is 2.24. The van der Waals surface area contributed by atoms with Crippen LogP contribution in [-0.4, -0.2) is 41.6 Å². The molecule has 0 radical (unpaired) electrons. The van der Waals surface area contributed by atoms with Crippen molar-refractivity contribution in [3.05, 3.63) is 64.3 Å². The van der Waals surface area contributed by atoms with Gasteiger partial charge in [0.25, 0.3) is 11.8 Å². The predicted octanol–water partition coefficient (Wildman–Crippen LogP) is 2.97. The summed E-state index contributed by atoms with van der Waals surface area (Å²) in [6, 6.07) is 10.6. The molecule has 3 amide bonds. The minimum atomic E-state index is -1.23. The first-order valence-electron chi connectivity index (χ1n) is 9.90. The second-order valence-corrected chi connectivity index (χ2v) is 7.69. The lowest BCUT2D eigenvalue weighted by Crippen LogP contribution is -2.42. The zero-order valence-corrected chi connectivity index (χ0v) is 18.9. The van der Waals surface area contributed by atoms with Crippen molar-refractivity contribution in [1.82, 2.24) is 9.88 Å². The molecule has 0 fully saturated rings. The summed E-state index contributed by atoms with van der Waals surface area (Å²) in [5, 5.41) is 2.99. The summed E-state index contributed by atoms with van der Waals surface area (Å²) in [6.45, 7) is 3.03. The Bertz CT molecular complexity index is 1250. The molecule has 1 atom stereocenters. The average molecular weight is 472 g/mol. The van der Waals surface area contributed by atoms with Crippen molar-refractivity contribution in [1.29, 1.82) is 0 Å². The number of halogens is 1. The van der Waals surface area contributed by atoms with Gasteiger partial charge in [0.15, 0.2) is 6.10 Å². The van der Waals surface area contributed by atoms with Gasteiger partial charge in [0.1, 0.15) is 5.75 Å². The minimum Gasteiger partial charge on any atom is -0.497 e. The van der Waals surface area contributed by atoms with E-state index in [4.69, 9.17) is 26.8 Å². The first-order valence-corrected chi connectivity index (χ1v) is 10.3. The molecule has 3 rings (SSSR count). The number of amides is 3. The molecule has 9 nitrogen and oxygen atoms in total. The molecular weight excluding hydrogens is 450 g/mol. The van der Waals surface area contributed by atoms with Gasteiger partial charge in [-0.3, -0.25) is 24.3 Å². The van der Waals surface area contributed by atoms with Crippen LogP contribution in [0, 0.1) is 6.92 Å². The molecule has 0 unspecified atom stereocenters. The van der Waals surface area contributed by atoms with Crippen LogP contribution in [0.15, 0.2) is 42.5 Å². The Kier molecular flexibility index (Phi) is 7.03. The summed E-state index contributed by atoms with van der Waals surface area (Å²) >= 11 is 5.94. The van der Waals surface area contributed by atoms with E-state index in [1.165, 1.54) is 18.6 Å². The van der Waals surface area contributed by atoms with Gasteiger partial charge < -0.3 is 15.2 Å². The van der Waals surface area contributed by atoms with Crippen molar-refractivity contribution < 1.29 is 28.7 Å². The third-order valence-electron chi connectivity index (χ3n) is 5.08. The van der Waals surface area contributed by atoms with Crippen LogP contribution in [0.3, 0.4) is 0 Å². The van der Waals surface area contributed by atoms with E-state index in [0.29, 0.717) is 38.5 Å². The zero-order valence-electron chi connectivity index (χ0n) is 18.2. The fraction of sp³-hybridized carbons (Fsp3) is 0.217. The standard InChI is InChI=1S/C23H22ClN3O6/c1-12-17(11-20(28)33-13(2)21(29)26-23(25)31)18-10-16(32-3)8-9-19(18)27(12)22(30)14-4-6-15(24)7-5-14/h4-10,13H,11H2,1-3H3,(H3,25,26,29,31)/t13-/m1/s1. The molecule has 0 aliphatic rings. The topological polar surface area (TPSA) is 130 Å². The van der Waals surface area contributed by atoms with Crippen LogP contribution in [0.5, 0.6) is 5.75 Å². The van der Waals surface area contributed by atoms with Crippen molar-refractivity contribution in [2.24, 2.45) is 5.73 Å². The molecule has 0 aliphatic carbocycles. The normalized spacial score (nSPS) is 11.6. The number of nitrogens with two attached hydrogens (primary N) is 1. The number of nitrogens with one attached hydrogen (secondary N) is 1. The number of benzene rings is 2. The summed E-state index contributed by atoms with van der Waals surface area (Å²) in [5.41, 5.74) is 6.99. The molecule has 10 heteroatoms. The average Bonchev–Trinajstić information content (AvgIpc) is 3.03. The number of aromatic nitrogens is 1. The fourth-order valence-electron chi connectivity index (χ4n) is 3.46. The number of nitrogens with zero attached hydrogens (tertiary/aromatic N) is 1. The van der Waals surface area contributed by atoms with Gasteiger partial charge in [-0.2, -0.15) is 0 Å². The molecule has 172 valence electrons.